The van der Waals surface area contributed by atoms with Crippen LogP contribution < -0.4 is 4.74 Å². The molecule has 0 saturated carbocycles. The molecule has 2 aliphatic heterocycles. The summed E-state index contributed by atoms with van der Waals surface area (Å²) in [4.78, 5) is 0. The van der Waals surface area contributed by atoms with Crippen LogP contribution in [0.15, 0.2) is 36.4 Å². The van der Waals surface area contributed by atoms with Gasteiger partial charge in [-0.25, -0.2) is 4.39 Å². The second-order valence-electron chi connectivity index (χ2n) is 9.01. The molecule has 2 saturated heterocycles. The monoisotopic (exact) mass is 444 g/mol. The molecule has 32 heavy (non-hydrogen) atoms. The van der Waals surface area contributed by atoms with E-state index in [1.54, 1.807) is 13.0 Å². The highest BCUT2D eigenvalue weighted by atomic mass is 19.2. The van der Waals surface area contributed by atoms with Gasteiger partial charge in [0.05, 0.1) is 32.0 Å². The summed E-state index contributed by atoms with van der Waals surface area (Å²) in [6, 6.07) is 12.0. The van der Waals surface area contributed by atoms with Gasteiger partial charge in [0.2, 0.25) is 5.82 Å². The maximum absolute atomic E-state index is 14.6. The highest BCUT2D eigenvalue weighted by Crippen LogP contribution is 2.39. The Balaban J connectivity index is 1.29. The molecule has 0 N–H and O–H groups in total. The molecule has 0 spiro atoms. The van der Waals surface area contributed by atoms with Gasteiger partial charge in [0.25, 0.3) is 0 Å². The van der Waals surface area contributed by atoms with Gasteiger partial charge in [-0.15, -0.1) is 0 Å². The third-order valence-corrected chi connectivity index (χ3v) is 6.85. The number of ether oxygens (including phenoxy) is 3. The van der Waals surface area contributed by atoms with Crippen molar-refractivity contribution in [3.8, 4) is 5.75 Å². The van der Waals surface area contributed by atoms with E-state index in [4.69, 9.17) is 14.2 Å². The molecule has 3 nitrogen and oxygen atoms in total. The van der Waals surface area contributed by atoms with Crippen molar-refractivity contribution in [1.29, 1.82) is 0 Å². The molecule has 4 unspecified atom stereocenters. The van der Waals surface area contributed by atoms with Crippen LogP contribution in [0.25, 0.3) is 0 Å². The van der Waals surface area contributed by atoms with Crippen LogP contribution in [0.1, 0.15) is 74.7 Å². The fourth-order valence-corrected chi connectivity index (χ4v) is 5.03. The van der Waals surface area contributed by atoms with Crippen LogP contribution in [0.2, 0.25) is 0 Å². The third-order valence-electron chi connectivity index (χ3n) is 6.85. The number of aryl methyl sites for hydroxylation is 1. The van der Waals surface area contributed by atoms with E-state index in [2.05, 4.69) is 31.2 Å². The normalized spacial score (nSPS) is 26.1. The molecule has 4 rings (SSSR count). The summed E-state index contributed by atoms with van der Waals surface area (Å²) in [6.07, 6.45) is 6.21. The lowest BCUT2D eigenvalue weighted by Crippen LogP contribution is -2.36. The molecule has 2 aromatic carbocycles. The highest BCUT2D eigenvalue weighted by Gasteiger charge is 2.34. The molecule has 2 aromatic rings. The van der Waals surface area contributed by atoms with Crippen LogP contribution in [0.4, 0.5) is 8.78 Å². The van der Waals surface area contributed by atoms with Gasteiger partial charge in [-0.05, 0) is 61.8 Å². The predicted molar refractivity (Wildman–Crippen MR) is 121 cm³/mol. The third kappa shape index (κ3) is 5.15. The van der Waals surface area contributed by atoms with E-state index in [9.17, 15) is 8.78 Å². The summed E-state index contributed by atoms with van der Waals surface area (Å²) in [5.41, 5.74) is 3.01. The minimum atomic E-state index is -0.902. The smallest absolute Gasteiger partial charge is 0.200 e. The molecule has 0 aromatic heterocycles. The van der Waals surface area contributed by atoms with Crippen LogP contribution in [0, 0.1) is 17.6 Å². The zero-order chi connectivity index (χ0) is 22.5. The molecule has 0 bridgehead atoms. The lowest BCUT2D eigenvalue weighted by atomic mass is 9.84. The van der Waals surface area contributed by atoms with E-state index < -0.39 is 11.6 Å². The average Bonchev–Trinajstić information content (AvgIpc) is 2.83. The first-order chi connectivity index (χ1) is 15.6. The summed E-state index contributed by atoms with van der Waals surface area (Å²) in [6.45, 7) is 5.34. The second kappa shape index (κ2) is 10.8. The fourth-order valence-electron chi connectivity index (χ4n) is 5.03. The van der Waals surface area contributed by atoms with E-state index >= 15 is 0 Å². The predicted octanol–water partition coefficient (Wildman–Crippen LogP) is 6.75. The average molecular weight is 445 g/mol. The summed E-state index contributed by atoms with van der Waals surface area (Å²) in [5, 5.41) is 0. The first kappa shape index (κ1) is 23.2. The van der Waals surface area contributed by atoms with E-state index in [0.717, 1.165) is 38.5 Å². The number of benzene rings is 2. The Kier molecular flexibility index (Phi) is 7.80. The van der Waals surface area contributed by atoms with Gasteiger partial charge in [-0.1, -0.05) is 43.7 Å². The van der Waals surface area contributed by atoms with E-state index in [1.165, 1.54) is 17.2 Å². The number of hydrogen-bond donors (Lipinski definition) is 0. The molecule has 0 radical (unpaired) electrons. The number of halogens is 2. The van der Waals surface area contributed by atoms with Crippen molar-refractivity contribution in [2.75, 3.05) is 19.8 Å². The first-order valence-electron chi connectivity index (χ1n) is 12.0. The summed E-state index contributed by atoms with van der Waals surface area (Å²) >= 11 is 0. The molecule has 4 atom stereocenters. The minimum absolute atomic E-state index is 0.0303. The van der Waals surface area contributed by atoms with Crippen molar-refractivity contribution < 1.29 is 23.0 Å². The zero-order valence-corrected chi connectivity index (χ0v) is 19.1. The Morgan fingerprint density at radius 2 is 1.69 bits per heavy atom. The Labute approximate surface area is 190 Å². The SMILES string of the molecule is CCCc1ccc(C2CCC(C3CCC(c4ccc(OCC)c(F)c4F)CO3)CO2)cc1. The van der Waals surface area contributed by atoms with Crippen molar-refractivity contribution in [3.05, 3.63) is 64.7 Å². The second-order valence-corrected chi connectivity index (χ2v) is 9.01. The quantitative estimate of drug-likeness (QED) is 0.473. The van der Waals surface area contributed by atoms with Crippen LogP contribution in [-0.4, -0.2) is 25.9 Å². The van der Waals surface area contributed by atoms with E-state index in [-0.39, 0.29) is 23.9 Å². The summed E-state index contributed by atoms with van der Waals surface area (Å²) in [5.74, 6) is -1.52. The molecule has 2 aliphatic rings. The Morgan fingerprint density at radius 1 is 0.875 bits per heavy atom. The molecule has 0 aliphatic carbocycles. The van der Waals surface area contributed by atoms with E-state index in [1.807, 2.05) is 0 Å². The highest BCUT2D eigenvalue weighted by molar-refractivity contribution is 5.33. The maximum Gasteiger partial charge on any atom is 0.200 e. The van der Waals surface area contributed by atoms with Crippen molar-refractivity contribution >= 4 is 0 Å². The van der Waals surface area contributed by atoms with Crippen LogP contribution in [0.5, 0.6) is 5.75 Å². The standard InChI is InChI=1S/C27H34F2O3/c1-3-5-18-6-8-19(9-7-18)23-14-11-21(17-32-23)24-13-10-20(16-31-24)22-12-15-25(30-4-2)27(29)26(22)28/h6-9,12,15,20-21,23-24H,3-5,10-11,13-14,16-17H2,1-2H3. The number of hydrogen-bond acceptors (Lipinski definition) is 3. The van der Waals surface area contributed by atoms with Gasteiger partial charge in [0.15, 0.2) is 11.6 Å². The van der Waals surface area contributed by atoms with Crippen LogP contribution in [-0.2, 0) is 15.9 Å². The summed E-state index contributed by atoms with van der Waals surface area (Å²) in [7, 11) is 0. The minimum Gasteiger partial charge on any atom is -0.491 e. The lowest BCUT2D eigenvalue weighted by molar-refractivity contribution is -0.0964. The molecule has 2 heterocycles. The maximum atomic E-state index is 14.6. The zero-order valence-electron chi connectivity index (χ0n) is 19.1. The topological polar surface area (TPSA) is 27.7 Å². The van der Waals surface area contributed by atoms with Crippen LogP contribution >= 0.6 is 0 Å². The largest absolute Gasteiger partial charge is 0.491 e. The van der Waals surface area contributed by atoms with Crippen LogP contribution in [0.3, 0.4) is 0 Å². The number of rotatable bonds is 7. The summed E-state index contributed by atoms with van der Waals surface area (Å²) < 4.78 is 46.3. The Bertz CT molecular complexity index is 867. The van der Waals surface area contributed by atoms with Gasteiger partial charge in [0.1, 0.15) is 0 Å². The molecule has 2 fully saturated rings. The fraction of sp³-hybridized carbons (Fsp3) is 0.556. The van der Waals surface area contributed by atoms with Crippen molar-refractivity contribution in [3.63, 3.8) is 0 Å². The van der Waals surface area contributed by atoms with Gasteiger partial charge in [-0.3, -0.25) is 0 Å². The van der Waals surface area contributed by atoms with Crippen molar-refractivity contribution in [1.82, 2.24) is 0 Å². The Morgan fingerprint density at radius 3 is 2.31 bits per heavy atom. The first-order valence-corrected chi connectivity index (χ1v) is 12.0. The Hall–Kier alpha value is -1.98. The molecule has 174 valence electrons. The molecule has 0 amide bonds. The van der Waals surface area contributed by atoms with Crippen molar-refractivity contribution in [2.45, 2.75) is 70.5 Å². The van der Waals surface area contributed by atoms with Crippen molar-refractivity contribution in [2.24, 2.45) is 5.92 Å². The molecular weight excluding hydrogens is 410 g/mol. The van der Waals surface area contributed by atoms with Gasteiger partial charge in [-0.2, -0.15) is 4.39 Å². The molecule has 5 heteroatoms. The van der Waals surface area contributed by atoms with Gasteiger partial charge >= 0.3 is 0 Å². The lowest BCUT2D eigenvalue weighted by Gasteiger charge is -2.38. The van der Waals surface area contributed by atoms with Gasteiger partial charge in [0, 0.05) is 11.8 Å². The van der Waals surface area contributed by atoms with Gasteiger partial charge < -0.3 is 14.2 Å². The molecular formula is C27H34F2O3. The van der Waals surface area contributed by atoms with E-state index in [0.29, 0.717) is 31.3 Å².